The molecule has 0 saturated carbocycles. The molecule has 22 heavy (non-hydrogen) atoms. The fraction of sp³-hybridized carbons (Fsp3) is 0.188. The summed E-state index contributed by atoms with van der Waals surface area (Å²) < 4.78 is 3.79. The third-order valence-electron chi connectivity index (χ3n) is 3.99. The molecule has 1 amide bonds. The van der Waals surface area contributed by atoms with Gasteiger partial charge in [-0.3, -0.25) is 0 Å². The van der Waals surface area contributed by atoms with E-state index in [1.165, 1.54) is 22.3 Å². The Hall–Kier alpha value is -0.410. The molecule has 6 heteroatoms. The zero-order valence-electron chi connectivity index (χ0n) is 12.5. The van der Waals surface area contributed by atoms with Gasteiger partial charge in [-0.2, -0.15) is 0 Å². The predicted octanol–water partition coefficient (Wildman–Crippen LogP) is -2.97. The number of fused-ring (bicyclic) bond motifs is 3. The van der Waals surface area contributed by atoms with E-state index in [-0.39, 0.29) is 24.8 Å². The predicted molar refractivity (Wildman–Crippen MR) is 81.8 cm³/mol. The summed E-state index contributed by atoms with van der Waals surface area (Å²) in [7, 11) is 0. The van der Waals surface area contributed by atoms with Gasteiger partial charge in [-0.25, -0.2) is 0 Å². The Morgan fingerprint density at radius 1 is 0.955 bits per heavy atom. The second-order valence-corrected chi connectivity index (χ2v) is 24.4. The van der Waals surface area contributed by atoms with Crippen molar-refractivity contribution in [2.24, 2.45) is 0 Å². The number of hydrogen-bond donors (Lipinski definition) is 1. The van der Waals surface area contributed by atoms with Gasteiger partial charge in [0.25, 0.3) is 0 Å². The molecular weight excluding hydrogens is 412 g/mol. The van der Waals surface area contributed by atoms with Crippen LogP contribution in [-0.4, -0.2) is 12.3 Å². The number of halogens is 2. The maximum absolute atomic E-state index is 11.1. The summed E-state index contributed by atoms with van der Waals surface area (Å²) in [6.45, 7) is 4.77. The molecule has 0 heterocycles. The number of carbonyl (C=O) groups excluding carboxylic acids is 1. The fourth-order valence-corrected chi connectivity index (χ4v) is 17.7. The van der Waals surface area contributed by atoms with Crippen LogP contribution in [0.4, 0.5) is 0 Å². The van der Waals surface area contributed by atoms with Gasteiger partial charge in [0.2, 0.25) is 0 Å². The fourth-order valence-electron chi connectivity index (χ4n) is 3.14. The van der Waals surface area contributed by atoms with Crippen molar-refractivity contribution < 1.29 is 50.8 Å². The van der Waals surface area contributed by atoms with Crippen LogP contribution in [0.1, 0.15) is 14.8 Å². The molecule has 0 saturated heterocycles. The summed E-state index contributed by atoms with van der Waals surface area (Å²) in [6, 6.07) is 17.4. The van der Waals surface area contributed by atoms with Crippen LogP contribution >= 0.6 is 0 Å². The van der Waals surface area contributed by atoms with Crippen molar-refractivity contribution in [1.82, 2.24) is 3.26 Å². The molecule has 0 fully saturated rings. The van der Waals surface area contributed by atoms with Gasteiger partial charge in [0.15, 0.2) is 0 Å². The first-order valence-corrected chi connectivity index (χ1v) is 16.8. The Morgan fingerprint density at radius 3 is 1.82 bits per heavy atom. The first-order chi connectivity index (χ1) is 9.74. The number of hydrogen-bond acceptors (Lipinski definition) is 1. The summed E-state index contributed by atoms with van der Waals surface area (Å²) >= 11 is -1.97. The summed E-state index contributed by atoms with van der Waals surface area (Å²) in [5, 5.41) is 0. The largest absolute Gasteiger partial charge is 1.00 e. The van der Waals surface area contributed by atoms with E-state index in [9.17, 15) is 4.79 Å². The van der Waals surface area contributed by atoms with Gasteiger partial charge >= 0.3 is 129 Å². The van der Waals surface area contributed by atoms with Gasteiger partial charge in [-0.1, -0.05) is 0 Å². The molecule has 0 unspecified atom stereocenters. The number of amides is 1. The van der Waals surface area contributed by atoms with Gasteiger partial charge in [-0.15, -0.1) is 0 Å². The average Bonchev–Trinajstić information content (AvgIpc) is 2.79. The second-order valence-electron chi connectivity index (χ2n) is 5.48. The molecule has 2 aromatic rings. The number of carbonyl (C=O) groups is 1. The summed E-state index contributed by atoms with van der Waals surface area (Å²) in [6.07, 6.45) is 0.950. The minimum Gasteiger partial charge on any atom is -1.00 e. The first kappa shape index (κ1) is 19.6. The van der Waals surface area contributed by atoms with Crippen molar-refractivity contribution >= 4 is 12.3 Å². The van der Waals surface area contributed by atoms with Gasteiger partial charge in [0.1, 0.15) is 0 Å². The van der Waals surface area contributed by atoms with Crippen LogP contribution in [0.25, 0.3) is 11.1 Å². The number of benzene rings is 2. The molecule has 115 valence electrons. The van der Waals surface area contributed by atoms with E-state index in [0.717, 1.165) is 6.41 Å². The maximum Gasteiger partial charge on any atom is -1.00 e. The Kier molecular flexibility index (Phi) is 7.54. The van der Waals surface area contributed by atoms with Gasteiger partial charge in [0, 0.05) is 0 Å². The van der Waals surface area contributed by atoms with E-state index in [2.05, 4.69) is 64.9 Å². The van der Waals surface area contributed by atoms with Crippen LogP contribution in [0.15, 0.2) is 48.5 Å². The molecule has 2 nitrogen and oxygen atoms in total. The molecule has 0 bridgehead atoms. The monoisotopic (exact) mass is 428 g/mol. The van der Waals surface area contributed by atoms with Crippen LogP contribution in [0.5, 0.6) is 0 Å². The molecule has 0 aliphatic heterocycles. The Labute approximate surface area is 153 Å². The van der Waals surface area contributed by atoms with Crippen molar-refractivity contribution in [3.63, 3.8) is 0 Å². The molecule has 1 aliphatic rings. The van der Waals surface area contributed by atoms with E-state index in [1.54, 1.807) is 0 Å². The molecule has 1 N–H and O–H groups in total. The van der Waals surface area contributed by atoms with E-state index in [4.69, 9.17) is 0 Å². The summed E-state index contributed by atoms with van der Waals surface area (Å²) in [5.41, 5.74) is 5.62. The van der Waals surface area contributed by atoms with Crippen LogP contribution in [0, 0.1) is 0 Å². The van der Waals surface area contributed by atoms with E-state index >= 15 is 0 Å². The van der Waals surface area contributed by atoms with Crippen molar-refractivity contribution in [3.05, 3.63) is 59.7 Å². The molecule has 2 aromatic carbocycles. The van der Waals surface area contributed by atoms with E-state index in [1.807, 2.05) is 0 Å². The van der Waals surface area contributed by atoms with Crippen LogP contribution in [0.2, 0.25) is 13.1 Å². The molecular formula is C16H18Cl2NOSiZr. The topological polar surface area (TPSA) is 29.1 Å². The molecule has 1 aliphatic carbocycles. The van der Waals surface area contributed by atoms with Crippen molar-refractivity contribution in [3.8, 4) is 11.1 Å². The summed E-state index contributed by atoms with van der Waals surface area (Å²) in [5.74, 6) is -0.820. The Morgan fingerprint density at radius 2 is 1.41 bits per heavy atom. The standard InChI is InChI=1S/C13H9.C2H7Si.CH3NO.2ClH.Zr/c1-3-7-12-10(5-1)9-11-6-2-4-8-13(11)12;1-3-2;2-1-3;;;/h1-9H;3H,1-2H3;1H,(H2,2,3);2*1H;/q;;;;;+3/p-3. The van der Waals surface area contributed by atoms with Crippen molar-refractivity contribution in [1.29, 1.82) is 0 Å². The second kappa shape index (κ2) is 8.44. The smallest absolute Gasteiger partial charge is 1.00 e. The van der Waals surface area contributed by atoms with Crippen LogP contribution in [0.3, 0.4) is 0 Å². The SMILES string of the molecule is C[SiH](C)[Zr+2]([NH]C=O)[CH]1c2ccccc2-c2ccccc21.[Cl-].[Cl-]. The average molecular weight is 431 g/mol. The van der Waals surface area contributed by atoms with E-state index in [0.29, 0.717) is 3.63 Å². The quantitative estimate of drug-likeness (QED) is 0.408. The van der Waals surface area contributed by atoms with E-state index < -0.39 is 27.1 Å². The molecule has 0 radical (unpaired) electrons. The first-order valence-electron chi connectivity index (χ1n) is 6.99. The van der Waals surface area contributed by atoms with Crippen LogP contribution in [-0.2, 0) is 26.0 Å². The molecule has 3 rings (SSSR count). The molecule has 0 spiro atoms. The third kappa shape index (κ3) is 3.41. The van der Waals surface area contributed by atoms with Gasteiger partial charge in [0.05, 0.1) is 0 Å². The van der Waals surface area contributed by atoms with Gasteiger partial charge in [-0.05, 0) is 0 Å². The van der Waals surface area contributed by atoms with Crippen molar-refractivity contribution in [2.75, 3.05) is 0 Å². The normalized spacial score (nSPS) is 11.8. The zero-order valence-corrected chi connectivity index (χ0v) is 17.6. The maximum atomic E-state index is 11.1. The van der Waals surface area contributed by atoms with Gasteiger partial charge < -0.3 is 24.8 Å². The zero-order chi connectivity index (χ0) is 14.1. The third-order valence-corrected chi connectivity index (χ3v) is 21.5. The minimum atomic E-state index is -1.97. The Balaban J connectivity index is 0.00000121. The number of nitrogens with one attached hydrogen (secondary N) is 1. The van der Waals surface area contributed by atoms with Crippen LogP contribution < -0.4 is 28.1 Å². The summed E-state index contributed by atoms with van der Waals surface area (Å²) in [4.78, 5) is 11.1. The molecule has 0 atom stereocenters. The van der Waals surface area contributed by atoms with Crippen molar-refractivity contribution in [2.45, 2.75) is 16.7 Å². The Bertz CT molecular complexity index is 608. The number of rotatable bonds is 4. The molecule has 0 aromatic heterocycles. The minimum absolute atomic E-state index is 0.